The van der Waals surface area contributed by atoms with Crippen LogP contribution >= 0.6 is 0 Å². The lowest BCUT2D eigenvalue weighted by Gasteiger charge is -2.21. The van der Waals surface area contributed by atoms with Gasteiger partial charge >= 0.3 is 6.18 Å². The number of carbonyl (C=O) groups excluding carboxylic acids is 1. The van der Waals surface area contributed by atoms with Gasteiger partial charge in [-0.2, -0.15) is 13.2 Å². The molecule has 0 bridgehead atoms. The molecule has 1 rings (SSSR count). The number of halogens is 3. The van der Waals surface area contributed by atoms with Crippen LogP contribution in [0.1, 0.15) is 12.8 Å². The summed E-state index contributed by atoms with van der Waals surface area (Å²) in [4.78, 5) is 12.8. The molecule has 92 valence electrons. The van der Waals surface area contributed by atoms with Crippen molar-refractivity contribution in [2.24, 2.45) is 11.7 Å². The van der Waals surface area contributed by atoms with Crippen LogP contribution in [0.5, 0.6) is 0 Å². The average molecular weight is 236 g/mol. The number of rotatable bonds is 3. The Bertz CT molecular complexity index is 288. The molecule has 1 aliphatic rings. The minimum atomic E-state index is -4.23. The number of hydrogen-bond acceptors (Lipinski definition) is 2. The van der Waals surface area contributed by atoms with Crippen LogP contribution in [0.25, 0.3) is 0 Å². The van der Waals surface area contributed by atoms with Crippen molar-refractivity contribution in [3.8, 4) is 0 Å². The second kappa shape index (κ2) is 4.86. The van der Waals surface area contributed by atoms with Crippen LogP contribution in [0.4, 0.5) is 13.2 Å². The molecular formula is C10H15F3N2O. The topological polar surface area (TPSA) is 46.3 Å². The number of hydrogen-bond donors (Lipinski definition) is 1. The van der Waals surface area contributed by atoms with Crippen LogP contribution in [-0.2, 0) is 4.79 Å². The van der Waals surface area contributed by atoms with Gasteiger partial charge in [0, 0.05) is 19.6 Å². The highest BCUT2D eigenvalue weighted by molar-refractivity contribution is 5.81. The van der Waals surface area contributed by atoms with E-state index in [1.165, 1.54) is 7.05 Å². The van der Waals surface area contributed by atoms with Crippen LogP contribution in [0, 0.1) is 5.92 Å². The molecule has 2 unspecified atom stereocenters. The van der Waals surface area contributed by atoms with Crippen LogP contribution in [0.3, 0.4) is 0 Å². The fourth-order valence-corrected chi connectivity index (χ4v) is 1.60. The molecule has 2 atom stereocenters. The SMILES string of the molecule is CN(CCC(F)(F)F)C(=O)C1C=CC(N)C1. The fourth-order valence-electron chi connectivity index (χ4n) is 1.60. The zero-order valence-corrected chi connectivity index (χ0v) is 9.00. The Morgan fingerprint density at radius 3 is 2.56 bits per heavy atom. The third-order valence-electron chi connectivity index (χ3n) is 2.54. The van der Waals surface area contributed by atoms with Gasteiger partial charge in [0.25, 0.3) is 0 Å². The number of amides is 1. The van der Waals surface area contributed by atoms with Crippen LogP contribution in [0.2, 0.25) is 0 Å². The maximum atomic E-state index is 11.9. The summed E-state index contributed by atoms with van der Waals surface area (Å²) in [6.07, 6.45) is -1.35. The monoisotopic (exact) mass is 236 g/mol. The smallest absolute Gasteiger partial charge is 0.345 e. The Morgan fingerprint density at radius 2 is 2.12 bits per heavy atom. The van der Waals surface area contributed by atoms with Crippen molar-refractivity contribution >= 4 is 5.91 Å². The van der Waals surface area contributed by atoms with E-state index in [2.05, 4.69) is 0 Å². The number of alkyl halides is 3. The quantitative estimate of drug-likeness (QED) is 0.751. The molecule has 0 saturated carbocycles. The summed E-state index contributed by atoms with van der Waals surface area (Å²) in [6.45, 7) is -0.304. The zero-order chi connectivity index (χ0) is 12.3. The molecule has 0 aromatic heterocycles. The molecule has 0 aliphatic heterocycles. The lowest BCUT2D eigenvalue weighted by molar-refractivity contribution is -0.145. The molecule has 6 heteroatoms. The molecule has 0 heterocycles. The van der Waals surface area contributed by atoms with Crippen LogP contribution in [-0.4, -0.2) is 36.6 Å². The van der Waals surface area contributed by atoms with Crippen LogP contribution in [0.15, 0.2) is 12.2 Å². The van der Waals surface area contributed by atoms with Gasteiger partial charge < -0.3 is 10.6 Å². The van der Waals surface area contributed by atoms with Crippen molar-refractivity contribution in [1.82, 2.24) is 4.90 Å². The van der Waals surface area contributed by atoms with E-state index in [1.54, 1.807) is 12.2 Å². The second-order valence-corrected chi connectivity index (χ2v) is 4.02. The first-order valence-electron chi connectivity index (χ1n) is 5.05. The average Bonchev–Trinajstić information content (AvgIpc) is 2.59. The van der Waals surface area contributed by atoms with E-state index in [4.69, 9.17) is 5.73 Å². The summed E-state index contributed by atoms with van der Waals surface area (Å²) in [6, 6.07) is -0.162. The largest absolute Gasteiger partial charge is 0.390 e. The van der Waals surface area contributed by atoms with E-state index >= 15 is 0 Å². The summed E-state index contributed by atoms with van der Waals surface area (Å²) in [5, 5.41) is 0. The first-order chi connectivity index (χ1) is 7.29. The van der Waals surface area contributed by atoms with Crippen LogP contribution < -0.4 is 5.73 Å². The van der Waals surface area contributed by atoms with E-state index in [1.807, 2.05) is 0 Å². The Balaban J connectivity index is 2.40. The molecule has 3 nitrogen and oxygen atoms in total. The van der Waals surface area contributed by atoms with Gasteiger partial charge in [-0.3, -0.25) is 4.79 Å². The second-order valence-electron chi connectivity index (χ2n) is 4.02. The summed E-state index contributed by atoms with van der Waals surface area (Å²) in [5.74, 6) is -0.665. The molecule has 0 fully saturated rings. The standard InChI is InChI=1S/C10H15F3N2O/c1-15(5-4-10(11,12)13)9(16)7-2-3-8(14)6-7/h2-3,7-8H,4-6,14H2,1H3. The lowest BCUT2D eigenvalue weighted by Crippen LogP contribution is -2.35. The Labute approximate surface area is 92.1 Å². The summed E-state index contributed by atoms with van der Waals surface area (Å²) < 4.78 is 35.8. The Morgan fingerprint density at radius 1 is 1.50 bits per heavy atom. The van der Waals surface area contributed by atoms with E-state index in [9.17, 15) is 18.0 Å². The van der Waals surface area contributed by atoms with Gasteiger partial charge in [-0.15, -0.1) is 0 Å². The van der Waals surface area contributed by atoms with Gasteiger partial charge in [-0.05, 0) is 6.42 Å². The van der Waals surface area contributed by atoms with Crippen molar-refractivity contribution in [1.29, 1.82) is 0 Å². The molecule has 0 saturated heterocycles. The number of nitrogens with zero attached hydrogens (tertiary/aromatic N) is 1. The predicted octanol–water partition coefficient (Wildman–Crippen LogP) is 1.30. The normalized spacial score (nSPS) is 24.8. The maximum Gasteiger partial charge on any atom is 0.390 e. The van der Waals surface area contributed by atoms with Gasteiger partial charge in [0.15, 0.2) is 0 Å². The maximum absolute atomic E-state index is 11.9. The molecule has 1 amide bonds. The molecule has 2 N–H and O–H groups in total. The van der Waals surface area contributed by atoms with Crippen molar-refractivity contribution in [3.05, 3.63) is 12.2 Å². The summed E-state index contributed by atoms with van der Waals surface area (Å²) >= 11 is 0. The Hall–Kier alpha value is -1.04. The molecule has 0 radical (unpaired) electrons. The highest BCUT2D eigenvalue weighted by atomic mass is 19.4. The summed E-state index contributed by atoms with van der Waals surface area (Å²) in [7, 11) is 1.38. The van der Waals surface area contributed by atoms with Gasteiger partial charge in [0.2, 0.25) is 5.91 Å². The molecule has 0 spiro atoms. The highest BCUT2D eigenvalue weighted by Gasteiger charge is 2.30. The highest BCUT2D eigenvalue weighted by Crippen LogP contribution is 2.22. The van der Waals surface area contributed by atoms with E-state index in [-0.39, 0.29) is 24.4 Å². The summed E-state index contributed by atoms with van der Waals surface area (Å²) in [5.41, 5.74) is 5.57. The van der Waals surface area contributed by atoms with Crippen molar-refractivity contribution in [3.63, 3.8) is 0 Å². The van der Waals surface area contributed by atoms with Gasteiger partial charge in [-0.1, -0.05) is 12.2 Å². The van der Waals surface area contributed by atoms with E-state index < -0.39 is 12.6 Å². The molecule has 16 heavy (non-hydrogen) atoms. The zero-order valence-electron chi connectivity index (χ0n) is 9.00. The number of nitrogens with two attached hydrogens (primary N) is 1. The van der Waals surface area contributed by atoms with E-state index in [0.717, 1.165) is 4.90 Å². The minimum absolute atomic E-state index is 0.162. The van der Waals surface area contributed by atoms with Gasteiger partial charge in [0.05, 0.1) is 12.3 Å². The first-order valence-corrected chi connectivity index (χ1v) is 5.05. The molecule has 0 aromatic rings. The third-order valence-corrected chi connectivity index (χ3v) is 2.54. The lowest BCUT2D eigenvalue weighted by atomic mass is 10.1. The van der Waals surface area contributed by atoms with E-state index in [0.29, 0.717) is 6.42 Å². The minimum Gasteiger partial charge on any atom is -0.345 e. The number of carbonyl (C=O) groups is 1. The molecule has 1 aliphatic carbocycles. The van der Waals surface area contributed by atoms with Crippen molar-refractivity contribution in [2.75, 3.05) is 13.6 Å². The first kappa shape index (κ1) is 13.0. The fraction of sp³-hybridized carbons (Fsp3) is 0.700. The molecule has 0 aromatic carbocycles. The predicted molar refractivity (Wildman–Crippen MR) is 53.5 cm³/mol. The Kier molecular flexibility index (Phi) is 3.96. The third kappa shape index (κ3) is 3.84. The molecular weight excluding hydrogens is 221 g/mol. The van der Waals surface area contributed by atoms with Gasteiger partial charge in [-0.25, -0.2) is 0 Å². The van der Waals surface area contributed by atoms with Gasteiger partial charge in [0.1, 0.15) is 0 Å². The van der Waals surface area contributed by atoms with Crippen molar-refractivity contribution < 1.29 is 18.0 Å². The van der Waals surface area contributed by atoms with Crippen molar-refractivity contribution in [2.45, 2.75) is 25.1 Å².